The molecule has 0 radical (unpaired) electrons. The molecule has 1 heterocycles. The highest BCUT2D eigenvalue weighted by molar-refractivity contribution is 6.35. The largest absolute Gasteiger partial charge is 0.465 e. The van der Waals surface area contributed by atoms with E-state index in [9.17, 15) is 9.59 Å². The molecule has 23 heavy (non-hydrogen) atoms. The maximum Gasteiger partial charge on any atom is 0.358 e. The molecule has 0 amide bonds. The van der Waals surface area contributed by atoms with Crippen molar-refractivity contribution in [3.8, 4) is 11.3 Å². The van der Waals surface area contributed by atoms with Gasteiger partial charge in [-0.05, 0) is 24.3 Å². The second kappa shape index (κ2) is 6.53. The Morgan fingerprint density at radius 3 is 2.26 bits per heavy atom. The Hall–Kier alpha value is -2.80. The van der Waals surface area contributed by atoms with Crippen LogP contribution < -0.4 is 11.5 Å². The summed E-state index contributed by atoms with van der Waals surface area (Å²) in [5.41, 5.74) is 13.2. The number of anilines is 2. The molecule has 0 atom stereocenters. The minimum atomic E-state index is -0.715. The van der Waals surface area contributed by atoms with Crippen LogP contribution in [0.25, 0.3) is 11.3 Å². The molecular weight excluding hydrogens is 322 g/mol. The summed E-state index contributed by atoms with van der Waals surface area (Å²) in [6.07, 6.45) is 0. The first-order chi connectivity index (χ1) is 10.9. The van der Waals surface area contributed by atoms with Crippen LogP contribution in [0.2, 0.25) is 5.02 Å². The molecule has 1 aromatic heterocycles. The van der Waals surface area contributed by atoms with Crippen LogP contribution in [0.3, 0.4) is 0 Å². The zero-order valence-electron chi connectivity index (χ0n) is 12.4. The molecule has 120 valence electrons. The summed E-state index contributed by atoms with van der Waals surface area (Å²) in [5.74, 6) is -1.23. The van der Waals surface area contributed by atoms with Crippen LogP contribution in [0.4, 0.5) is 11.4 Å². The smallest absolute Gasteiger partial charge is 0.358 e. The van der Waals surface area contributed by atoms with Gasteiger partial charge in [0, 0.05) is 11.3 Å². The molecule has 0 bridgehead atoms. The summed E-state index contributed by atoms with van der Waals surface area (Å²) in [6, 6.07) is 6.05. The van der Waals surface area contributed by atoms with E-state index in [1.54, 1.807) is 6.07 Å². The molecule has 8 heteroatoms. The third-order valence-electron chi connectivity index (χ3n) is 3.11. The van der Waals surface area contributed by atoms with E-state index in [-0.39, 0.29) is 22.1 Å². The van der Waals surface area contributed by atoms with Gasteiger partial charge >= 0.3 is 11.9 Å². The molecule has 7 nitrogen and oxygen atoms in total. The number of halogens is 1. The molecule has 2 aromatic rings. The van der Waals surface area contributed by atoms with E-state index in [0.29, 0.717) is 16.8 Å². The summed E-state index contributed by atoms with van der Waals surface area (Å²) in [5, 5.41) is 0.00496. The number of nitrogens with zero attached hydrogens (tertiary/aromatic N) is 1. The van der Waals surface area contributed by atoms with Crippen LogP contribution in [0.15, 0.2) is 24.3 Å². The van der Waals surface area contributed by atoms with Gasteiger partial charge in [-0.3, -0.25) is 0 Å². The molecule has 2 rings (SSSR count). The maximum atomic E-state index is 11.7. The van der Waals surface area contributed by atoms with Crippen LogP contribution in [0, 0.1) is 0 Å². The number of rotatable bonds is 3. The minimum absolute atomic E-state index is 0.00496. The molecule has 4 N–H and O–H groups in total. The van der Waals surface area contributed by atoms with Gasteiger partial charge in [0.1, 0.15) is 0 Å². The SMILES string of the molecule is COC(=O)c1ccc(-c2cc(N)c(Cl)c(C(=O)OC)n2)c(N)c1. The molecule has 0 saturated heterocycles. The van der Waals surface area contributed by atoms with Crippen molar-refractivity contribution >= 4 is 34.9 Å². The van der Waals surface area contributed by atoms with E-state index in [4.69, 9.17) is 23.1 Å². The average Bonchev–Trinajstić information content (AvgIpc) is 2.55. The highest BCUT2D eigenvalue weighted by Crippen LogP contribution is 2.31. The molecule has 0 fully saturated rings. The Bertz CT molecular complexity index is 793. The van der Waals surface area contributed by atoms with Gasteiger partial charge in [0.05, 0.1) is 36.2 Å². The highest BCUT2D eigenvalue weighted by Gasteiger charge is 2.19. The number of aromatic nitrogens is 1. The Labute approximate surface area is 137 Å². The summed E-state index contributed by atoms with van der Waals surface area (Å²) in [7, 11) is 2.49. The number of benzene rings is 1. The van der Waals surface area contributed by atoms with E-state index in [2.05, 4.69) is 14.5 Å². The molecule has 0 unspecified atom stereocenters. The lowest BCUT2D eigenvalue weighted by Crippen LogP contribution is -2.09. The zero-order chi connectivity index (χ0) is 17.1. The number of esters is 2. The number of carbonyl (C=O) groups is 2. The van der Waals surface area contributed by atoms with Crippen molar-refractivity contribution in [2.45, 2.75) is 0 Å². The Morgan fingerprint density at radius 2 is 1.70 bits per heavy atom. The normalized spacial score (nSPS) is 10.2. The molecule has 0 aliphatic rings. The van der Waals surface area contributed by atoms with Crippen LogP contribution in [0.5, 0.6) is 0 Å². The van der Waals surface area contributed by atoms with Gasteiger partial charge in [-0.15, -0.1) is 0 Å². The molecule has 1 aromatic carbocycles. The van der Waals surface area contributed by atoms with E-state index in [1.165, 1.54) is 32.4 Å². The highest BCUT2D eigenvalue weighted by atomic mass is 35.5. The molecule has 0 saturated carbocycles. The van der Waals surface area contributed by atoms with Crippen LogP contribution >= 0.6 is 11.6 Å². The van der Waals surface area contributed by atoms with E-state index < -0.39 is 11.9 Å². The second-order valence-corrected chi connectivity index (χ2v) is 4.92. The Morgan fingerprint density at radius 1 is 1.04 bits per heavy atom. The molecule has 0 spiro atoms. The van der Waals surface area contributed by atoms with Gasteiger partial charge in [-0.1, -0.05) is 11.6 Å². The topological polar surface area (TPSA) is 118 Å². The van der Waals surface area contributed by atoms with Crippen molar-refractivity contribution in [1.29, 1.82) is 0 Å². The van der Waals surface area contributed by atoms with Gasteiger partial charge in [-0.2, -0.15) is 0 Å². The first kappa shape index (κ1) is 16.6. The van der Waals surface area contributed by atoms with Crippen molar-refractivity contribution in [3.63, 3.8) is 0 Å². The number of nitrogen functional groups attached to an aromatic ring is 2. The van der Waals surface area contributed by atoms with Crippen molar-refractivity contribution < 1.29 is 19.1 Å². The van der Waals surface area contributed by atoms with E-state index >= 15 is 0 Å². The Kier molecular flexibility index (Phi) is 4.71. The van der Waals surface area contributed by atoms with Crippen LogP contribution in [-0.4, -0.2) is 31.1 Å². The number of nitrogens with two attached hydrogens (primary N) is 2. The third-order valence-corrected chi connectivity index (χ3v) is 3.51. The Balaban J connectivity index is 2.56. The predicted molar refractivity (Wildman–Crippen MR) is 86.2 cm³/mol. The summed E-state index contributed by atoms with van der Waals surface area (Å²) in [4.78, 5) is 27.4. The van der Waals surface area contributed by atoms with E-state index in [1.807, 2.05) is 0 Å². The molecule has 0 aliphatic heterocycles. The number of methoxy groups -OCH3 is 2. The monoisotopic (exact) mass is 335 g/mol. The van der Waals surface area contributed by atoms with Crippen molar-refractivity contribution in [2.24, 2.45) is 0 Å². The fourth-order valence-electron chi connectivity index (χ4n) is 1.96. The quantitative estimate of drug-likeness (QED) is 0.651. The predicted octanol–water partition coefficient (Wildman–Crippen LogP) is 2.14. The summed E-state index contributed by atoms with van der Waals surface area (Å²) < 4.78 is 9.25. The minimum Gasteiger partial charge on any atom is -0.465 e. The molecule has 0 aliphatic carbocycles. The summed E-state index contributed by atoms with van der Waals surface area (Å²) in [6.45, 7) is 0. The van der Waals surface area contributed by atoms with Crippen LogP contribution in [-0.2, 0) is 9.47 Å². The third kappa shape index (κ3) is 3.19. The van der Waals surface area contributed by atoms with Gasteiger partial charge in [0.25, 0.3) is 0 Å². The van der Waals surface area contributed by atoms with Gasteiger partial charge in [0.15, 0.2) is 5.69 Å². The molecular formula is C15H14ClN3O4. The van der Waals surface area contributed by atoms with Crippen molar-refractivity contribution in [3.05, 3.63) is 40.5 Å². The first-order valence-electron chi connectivity index (χ1n) is 6.41. The fraction of sp³-hybridized carbons (Fsp3) is 0.133. The lowest BCUT2D eigenvalue weighted by molar-refractivity contribution is 0.0588. The number of pyridine rings is 1. The number of hydrogen-bond donors (Lipinski definition) is 2. The van der Waals surface area contributed by atoms with Gasteiger partial charge in [0.2, 0.25) is 0 Å². The van der Waals surface area contributed by atoms with Crippen molar-refractivity contribution in [2.75, 3.05) is 25.7 Å². The van der Waals surface area contributed by atoms with Crippen molar-refractivity contribution in [1.82, 2.24) is 4.98 Å². The number of hydrogen-bond acceptors (Lipinski definition) is 7. The number of carbonyl (C=O) groups excluding carboxylic acids is 2. The average molecular weight is 336 g/mol. The lowest BCUT2D eigenvalue weighted by atomic mass is 10.0. The standard InChI is InChI=1S/C15H14ClN3O4/c1-22-14(20)7-3-4-8(9(17)5-7)11-6-10(18)12(16)13(19-11)15(21)23-2/h3-6H,17H2,1-2H3,(H2,18,19). The second-order valence-electron chi connectivity index (χ2n) is 4.54. The summed E-state index contributed by atoms with van der Waals surface area (Å²) >= 11 is 5.97. The maximum absolute atomic E-state index is 11.7. The fourth-order valence-corrected chi connectivity index (χ4v) is 2.13. The van der Waals surface area contributed by atoms with Gasteiger partial charge in [-0.25, -0.2) is 14.6 Å². The zero-order valence-corrected chi connectivity index (χ0v) is 13.2. The number of ether oxygens (including phenoxy) is 2. The first-order valence-corrected chi connectivity index (χ1v) is 6.79. The lowest BCUT2D eigenvalue weighted by Gasteiger charge is -2.11. The van der Waals surface area contributed by atoms with Gasteiger partial charge < -0.3 is 20.9 Å². The van der Waals surface area contributed by atoms with E-state index in [0.717, 1.165) is 0 Å². The van der Waals surface area contributed by atoms with Crippen LogP contribution in [0.1, 0.15) is 20.8 Å².